The minimum Gasteiger partial charge on any atom is -0.396 e. The fourth-order valence-corrected chi connectivity index (χ4v) is 1.20. The molecule has 0 unspecified atom stereocenters. The van der Waals surface area contributed by atoms with Gasteiger partial charge in [-0.15, -0.1) is 0 Å². The van der Waals surface area contributed by atoms with Crippen LogP contribution in [-0.4, -0.2) is 10.1 Å². The number of nitrogens with two attached hydrogens (primary N) is 1. The van der Waals surface area contributed by atoms with Gasteiger partial charge in [-0.1, -0.05) is 16.8 Å². The zero-order valence-corrected chi connectivity index (χ0v) is 7.32. The molecule has 0 saturated carbocycles. The molecule has 2 aromatic rings. The van der Waals surface area contributed by atoms with Gasteiger partial charge in [0.2, 0.25) is 0 Å². The predicted molar refractivity (Wildman–Crippen MR) is 49.2 cm³/mol. The van der Waals surface area contributed by atoms with Crippen molar-refractivity contribution in [3.05, 3.63) is 29.9 Å². The van der Waals surface area contributed by atoms with Crippen molar-refractivity contribution in [1.29, 1.82) is 0 Å². The summed E-state index contributed by atoms with van der Waals surface area (Å²) >= 11 is 5.74. The largest absolute Gasteiger partial charge is 0.396 e. The van der Waals surface area contributed by atoms with Crippen molar-refractivity contribution in [1.82, 2.24) is 10.1 Å². The highest BCUT2D eigenvalue weighted by atomic mass is 35.5. The average molecular weight is 196 g/mol. The molecule has 0 aliphatic heterocycles. The number of rotatable bonds is 1. The molecule has 66 valence electrons. The van der Waals surface area contributed by atoms with Crippen LogP contribution in [0.25, 0.3) is 11.1 Å². The third-order valence-electron chi connectivity index (χ3n) is 1.68. The van der Waals surface area contributed by atoms with E-state index in [0.717, 1.165) is 11.1 Å². The minimum atomic E-state index is 0.290. The summed E-state index contributed by atoms with van der Waals surface area (Å²) in [7, 11) is 0. The van der Waals surface area contributed by atoms with E-state index in [0.29, 0.717) is 10.8 Å². The topological polar surface area (TPSA) is 64.9 Å². The maximum absolute atomic E-state index is 5.74. The lowest BCUT2D eigenvalue weighted by Crippen LogP contribution is -1.92. The van der Waals surface area contributed by atoms with Crippen molar-refractivity contribution in [3.63, 3.8) is 0 Å². The molecular formula is C8H6ClN3O. The number of nitrogen functional groups attached to an aromatic ring is 1. The number of anilines is 1. The van der Waals surface area contributed by atoms with Crippen molar-refractivity contribution < 1.29 is 4.52 Å². The smallest absolute Gasteiger partial charge is 0.152 e. The van der Waals surface area contributed by atoms with Gasteiger partial charge in [0.05, 0.1) is 11.9 Å². The molecule has 13 heavy (non-hydrogen) atoms. The molecule has 0 atom stereocenters. The van der Waals surface area contributed by atoms with Gasteiger partial charge in [-0.25, -0.2) is 4.98 Å². The van der Waals surface area contributed by atoms with E-state index in [-0.39, 0.29) is 0 Å². The lowest BCUT2D eigenvalue weighted by Gasteiger charge is -2.01. The number of hydrogen-bond acceptors (Lipinski definition) is 4. The average Bonchev–Trinajstić information content (AvgIpc) is 2.62. The molecule has 0 aliphatic rings. The molecule has 2 aromatic heterocycles. The second kappa shape index (κ2) is 3.06. The van der Waals surface area contributed by atoms with Crippen LogP contribution in [0.4, 0.5) is 5.69 Å². The Hall–Kier alpha value is -1.55. The maximum atomic E-state index is 5.74. The van der Waals surface area contributed by atoms with Crippen molar-refractivity contribution in [2.45, 2.75) is 0 Å². The Kier molecular flexibility index (Phi) is 1.90. The SMILES string of the molecule is Nc1c(-c2cnoc2)ccnc1Cl. The molecule has 0 fully saturated rings. The number of nitrogens with zero attached hydrogens (tertiary/aromatic N) is 2. The Morgan fingerprint density at radius 3 is 3.00 bits per heavy atom. The molecule has 5 heteroatoms. The molecular weight excluding hydrogens is 190 g/mol. The molecule has 0 spiro atoms. The zero-order valence-electron chi connectivity index (χ0n) is 6.57. The van der Waals surface area contributed by atoms with Gasteiger partial charge in [0.25, 0.3) is 0 Å². The summed E-state index contributed by atoms with van der Waals surface area (Å²) in [4.78, 5) is 3.84. The van der Waals surface area contributed by atoms with Crippen LogP contribution in [-0.2, 0) is 0 Å². The summed E-state index contributed by atoms with van der Waals surface area (Å²) < 4.78 is 4.69. The summed E-state index contributed by atoms with van der Waals surface area (Å²) in [6.07, 6.45) is 4.66. The standard InChI is InChI=1S/C8H6ClN3O/c9-8-7(10)6(1-2-11-8)5-3-12-13-4-5/h1-4H,10H2. The van der Waals surface area contributed by atoms with Crippen molar-refractivity contribution in [2.24, 2.45) is 0 Å². The molecule has 2 rings (SSSR count). The molecule has 2 N–H and O–H groups in total. The third-order valence-corrected chi connectivity index (χ3v) is 1.99. The van der Waals surface area contributed by atoms with E-state index in [1.54, 1.807) is 18.5 Å². The normalized spacial score (nSPS) is 10.2. The van der Waals surface area contributed by atoms with Gasteiger partial charge in [0.1, 0.15) is 6.26 Å². The first kappa shape index (κ1) is 8.07. The summed E-state index contributed by atoms with van der Waals surface area (Å²) in [6.45, 7) is 0. The van der Waals surface area contributed by atoms with Crippen LogP contribution < -0.4 is 5.73 Å². The van der Waals surface area contributed by atoms with E-state index in [4.69, 9.17) is 21.9 Å². The minimum absolute atomic E-state index is 0.290. The van der Waals surface area contributed by atoms with E-state index >= 15 is 0 Å². The van der Waals surface area contributed by atoms with E-state index in [1.165, 1.54) is 6.26 Å². The van der Waals surface area contributed by atoms with Crippen molar-refractivity contribution in [2.75, 3.05) is 5.73 Å². The van der Waals surface area contributed by atoms with E-state index < -0.39 is 0 Å². The predicted octanol–water partition coefficient (Wildman–Crippen LogP) is 1.97. The van der Waals surface area contributed by atoms with Crippen molar-refractivity contribution in [3.8, 4) is 11.1 Å². The Bertz CT molecular complexity index is 413. The van der Waals surface area contributed by atoms with Gasteiger partial charge >= 0.3 is 0 Å². The molecule has 2 heterocycles. The second-order valence-corrected chi connectivity index (χ2v) is 2.83. The highest BCUT2D eigenvalue weighted by Gasteiger charge is 2.07. The molecule has 0 radical (unpaired) electrons. The fourth-order valence-electron chi connectivity index (χ4n) is 1.04. The quantitative estimate of drug-likeness (QED) is 0.707. The fraction of sp³-hybridized carbons (Fsp3) is 0. The highest BCUT2D eigenvalue weighted by molar-refractivity contribution is 6.32. The third kappa shape index (κ3) is 1.36. The first-order valence-electron chi connectivity index (χ1n) is 3.59. The molecule has 0 aromatic carbocycles. The van der Waals surface area contributed by atoms with Gasteiger partial charge in [0.15, 0.2) is 5.15 Å². The summed E-state index contributed by atoms with van der Waals surface area (Å²) in [5.41, 5.74) is 7.72. The number of pyridine rings is 1. The van der Waals surface area contributed by atoms with Crippen LogP contribution in [0.15, 0.2) is 29.2 Å². The second-order valence-electron chi connectivity index (χ2n) is 2.48. The highest BCUT2D eigenvalue weighted by Crippen LogP contribution is 2.29. The van der Waals surface area contributed by atoms with Gasteiger partial charge in [-0.2, -0.15) is 0 Å². The van der Waals surface area contributed by atoms with Crippen molar-refractivity contribution >= 4 is 17.3 Å². The van der Waals surface area contributed by atoms with Crippen LogP contribution >= 0.6 is 11.6 Å². The Morgan fingerprint density at radius 1 is 1.46 bits per heavy atom. The van der Waals surface area contributed by atoms with Crippen LogP contribution in [0.1, 0.15) is 0 Å². The number of hydrogen-bond donors (Lipinski definition) is 1. The molecule has 0 amide bonds. The monoisotopic (exact) mass is 195 g/mol. The molecule has 0 saturated heterocycles. The summed E-state index contributed by atoms with van der Waals surface area (Å²) in [6, 6.07) is 1.76. The first-order chi connectivity index (χ1) is 6.29. The van der Waals surface area contributed by atoms with Crippen LogP contribution in [0, 0.1) is 0 Å². The van der Waals surface area contributed by atoms with Crippen LogP contribution in [0.3, 0.4) is 0 Å². The lowest BCUT2D eigenvalue weighted by molar-refractivity contribution is 0.420. The summed E-state index contributed by atoms with van der Waals surface area (Å²) in [5, 5.41) is 3.87. The first-order valence-corrected chi connectivity index (χ1v) is 3.96. The van der Waals surface area contributed by atoms with Gasteiger partial charge in [-0.05, 0) is 6.07 Å². The Labute approximate surface area is 79.3 Å². The van der Waals surface area contributed by atoms with E-state index in [2.05, 4.69) is 10.1 Å². The lowest BCUT2D eigenvalue weighted by atomic mass is 10.1. The van der Waals surface area contributed by atoms with Gasteiger partial charge in [-0.3, -0.25) is 0 Å². The van der Waals surface area contributed by atoms with Crippen LogP contribution in [0.2, 0.25) is 5.15 Å². The zero-order chi connectivity index (χ0) is 9.26. The Morgan fingerprint density at radius 2 is 2.31 bits per heavy atom. The summed E-state index contributed by atoms with van der Waals surface area (Å²) in [5.74, 6) is 0. The number of aromatic nitrogens is 2. The van der Waals surface area contributed by atoms with E-state index in [9.17, 15) is 0 Å². The molecule has 0 bridgehead atoms. The molecule has 4 nitrogen and oxygen atoms in total. The Balaban J connectivity index is 2.59. The molecule has 0 aliphatic carbocycles. The number of halogens is 1. The maximum Gasteiger partial charge on any atom is 0.152 e. The van der Waals surface area contributed by atoms with Gasteiger partial charge < -0.3 is 10.3 Å². The van der Waals surface area contributed by atoms with Gasteiger partial charge in [0, 0.05) is 17.3 Å². The van der Waals surface area contributed by atoms with Crippen LogP contribution in [0.5, 0.6) is 0 Å². The van der Waals surface area contributed by atoms with E-state index in [1.807, 2.05) is 0 Å².